The average Bonchev–Trinajstić information content (AvgIpc) is 2.63. The van der Waals surface area contributed by atoms with Crippen molar-refractivity contribution < 1.29 is 14.0 Å². The first-order valence-corrected chi connectivity index (χ1v) is 8.43. The van der Waals surface area contributed by atoms with Crippen molar-refractivity contribution in [2.24, 2.45) is 0 Å². The molecule has 6 nitrogen and oxygen atoms in total. The molecule has 0 fully saturated rings. The van der Waals surface area contributed by atoms with Gasteiger partial charge in [0.2, 0.25) is 5.91 Å². The molecule has 26 heavy (non-hydrogen) atoms. The molecule has 2 rings (SSSR count). The lowest BCUT2D eigenvalue weighted by atomic mass is 9.97. The summed E-state index contributed by atoms with van der Waals surface area (Å²) in [4.78, 5) is 36.1. The van der Waals surface area contributed by atoms with Gasteiger partial charge < -0.3 is 5.32 Å². The summed E-state index contributed by atoms with van der Waals surface area (Å²) in [7, 11) is 0. The standard InChI is InChI=1S/C19H22FN3O3/c1-3-16(18(25)21-11-15(24)10-20)17-7-8-22-23(19(17)26)12-14-6-4-5-13(2)9-14/h4-9,16H,3,10-12H2,1-2H3,(H,21,25). The van der Waals surface area contributed by atoms with E-state index in [0.717, 1.165) is 11.1 Å². The fourth-order valence-corrected chi connectivity index (χ4v) is 2.73. The maximum atomic E-state index is 12.8. The number of amides is 1. The van der Waals surface area contributed by atoms with E-state index in [1.54, 1.807) is 6.92 Å². The van der Waals surface area contributed by atoms with Crippen molar-refractivity contribution in [2.75, 3.05) is 13.2 Å². The minimum atomic E-state index is -1.13. The normalized spacial score (nSPS) is 11.8. The first-order valence-electron chi connectivity index (χ1n) is 8.43. The summed E-state index contributed by atoms with van der Waals surface area (Å²) in [6.45, 7) is 2.52. The molecular formula is C19H22FN3O3. The summed E-state index contributed by atoms with van der Waals surface area (Å²) in [5, 5.41) is 6.49. The molecular weight excluding hydrogens is 337 g/mol. The van der Waals surface area contributed by atoms with Crippen molar-refractivity contribution in [2.45, 2.75) is 32.7 Å². The van der Waals surface area contributed by atoms with Crippen LogP contribution in [-0.4, -0.2) is 34.7 Å². The van der Waals surface area contributed by atoms with Crippen molar-refractivity contribution in [3.63, 3.8) is 0 Å². The molecule has 1 aromatic heterocycles. The van der Waals surface area contributed by atoms with Gasteiger partial charge in [-0.3, -0.25) is 14.4 Å². The number of carbonyl (C=O) groups is 2. The van der Waals surface area contributed by atoms with Gasteiger partial charge in [0.05, 0.1) is 19.0 Å². The molecule has 7 heteroatoms. The Hall–Kier alpha value is -2.83. The SMILES string of the molecule is CCC(C(=O)NCC(=O)CF)c1ccnn(Cc2cccc(C)c2)c1=O. The molecule has 138 valence electrons. The second kappa shape index (κ2) is 9.03. The van der Waals surface area contributed by atoms with E-state index < -0.39 is 24.3 Å². The van der Waals surface area contributed by atoms with Crippen LogP contribution in [0.3, 0.4) is 0 Å². The first kappa shape index (κ1) is 19.5. The summed E-state index contributed by atoms with van der Waals surface area (Å²) in [6, 6.07) is 9.25. The summed E-state index contributed by atoms with van der Waals surface area (Å²) in [5.74, 6) is -1.90. The summed E-state index contributed by atoms with van der Waals surface area (Å²) >= 11 is 0. The molecule has 1 atom stereocenters. The van der Waals surface area contributed by atoms with E-state index in [1.165, 1.54) is 16.9 Å². The first-order chi connectivity index (χ1) is 12.5. The van der Waals surface area contributed by atoms with Crippen LogP contribution in [0.1, 0.15) is 36.0 Å². The zero-order valence-electron chi connectivity index (χ0n) is 14.9. The van der Waals surface area contributed by atoms with Crippen molar-refractivity contribution >= 4 is 11.7 Å². The van der Waals surface area contributed by atoms with Crippen molar-refractivity contribution in [1.29, 1.82) is 0 Å². The summed E-state index contributed by atoms with van der Waals surface area (Å²) < 4.78 is 13.5. The van der Waals surface area contributed by atoms with E-state index in [-0.39, 0.29) is 12.1 Å². The lowest BCUT2D eigenvalue weighted by Crippen LogP contribution is -2.37. The van der Waals surface area contributed by atoms with Crippen LogP contribution in [0.25, 0.3) is 0 Å². The monoisotopic (exact) mass is 359 g/mol. The van der Waals surface area contributed by atoms with E-state index in [0.29, 0.717) is 18.5 Å². The number of Topliss-reactive ketones (excluding diaryl/α,β-unsaturated/α-hetero) is 1. The highest BCUT2D eigenvalue weighted by atomic mass is 19.1. The maximum Gasteiger partial charge on any atom is 0.271 e. The molecule has 1 unspecified atom stereocenters. The average molecular weight is 359 g/mol. The number of aryl methyl sites for hydroxylation is 1. The highest BCUT2D eigenvalue weighted by Crippen LogP contribution is 2.16. The molecule has 0 bridgehead atoms. The van der Waals surface area contributed by atoms with Gasteiger partial charge in [-0.2, -0.15) is 5.10 Å². The number of benzene rings is 1. The Morgan fingerprint density at radius 3 is 2.73 bits per heavy atom. The molecule has 0 saturated heterocycles. The Labute approximate surface area is 151 Å². The van der Waals surface area contributed by atoms with Crippen LogP contribution < -0.4 is 10.9 Å². The van der Waals surface area contributed by atoms with Crippen molar-refractivity contribution in [1.82, 2.24) is 15.1 Å². The van der Waals surface area contributed by atoms with Gasteiger partial charge in [-0.25, -0.2) is 9.07 Å². The molecule has 0 aliphatic carbocycles. The van der Waals surface area contributed by atoms with Crippen molar-refractivity contribution in [3.05, 3.63) is 63.6 Å². The fraction of sp³-hybridized carbons (Fsp3) is 0.368. The number of alkyl halides is 1. The quantitative estimate of drug-likeness (QED) is 0.779. The maximum absolute atomic E-state index is 12.8. The number of rotatable bonds is 8. The molecule has 0 radical (unpaired) electrons. The second-order valence-corrected chi connectivity index (χ2v) is 6.09. The van der Waals surface area contributed by atoms with E-state index in [9.17, 15) is 18.8 Å². The minimum absolute atomic E-state index is 0.298. The Balaban J connectivity index is 2.24. The van der Waals surface area contributed by atoms with Crippen LogP contribution in [0.4, 0.5) is 4.39 Å². The van der Waals surface area contributed by atoms with Gasteiger partial charge in [-0.1, -0.05) is 36.8 Å². The number of hydrogen-bond acceptors (Lipinski definition) is 4. The van der Waals surface area contributed by atoms with Crippen LogP contribution in [0.15, 0.2) is 41.3 Å². The molecule has 1 heterocycles. The second-order valence-electron chi connectivity index (χ2n) is 6.09. The van der Waals surface area contributed by atoms with Gasteiger partial charge in [0.15, 0.2) is 5.78 Å². The van der Waals surface area contributed by atoms with Gasteiger partial charge in [0, 0.05) is 11.8 Å². The predicted molar refractivity (Wildman–Crippen MR) is 95.8 cm³/mol. The third kappa shape index (κ3) is 4.84. The number of nitrogens with one attached hydrogen (secondary N) is 1. The summed E-state index contributed by atoms with van der Waals surface area (Å²) in [5.41, 5.74) is 1.96. The molecule has 0 aliphatic rings. The molecule has 1 N–H and O–H groups in total. The third-order valence-corrected chi connectivity index (χ3v) is 4.07. The zero-order chi connectivity index (χ0) is 19.1. The van der Waals surface area contributed by atoms with Crippen LogP contribution in [-0.2, 0) is 16.1 Å². The molecule has 0 saturated carbocycles. The topological polar surface area (TPSA) is 81.1 Å². The number of ketones is 1. The number of hydrogen-bond donors (Lipinski definition) is 1. The van der Waals surface area contributed by atoms with Gasteiger partial charge in [0.25, 0.3) is 5.56 Å². The van der Waals surface area contributed by atoms with E-state index in [1.807, 2.05) is 31.2 Å². The highest BCUT2D eigenvalue weighted by molar-refractivity contribution is 5.89. The van der Waals surface area contributed by atoms with Crippen LogP contribution >= 0.6 is 0 Å². The molecule has 0 spiro atoms. The van der Waals surface area contributed by atoms with Gasteiger partial charge in [-0.15, -0.1) is 0 Å². The minimum Gasteiger partial charge on any atom is -0.348 e. The van der Waals surface area contributed by atoms with Crippen molar-refractivity contribution in [3.8, 4) is 0 Å². The molecule has 2 aromatic rings. The van der Waals surface area contributed by atoms with Crippen LogP contribution in [0.5, 0.6) is 0 Å². The Morgan fingerprint density at radius 2 is 2.08 bits per heavy atom. The lowest BCUT2D eigenvalue weighted by molar-refractivity contribution is -0.126. The van der Waals surface area contributed by atoms with Crippen LogP contribution in [0, 0.1) is 6.92 Å². The van der Waals surface area contributed by atoms with Gasteiger partial charge >= 0.3 is 0 Å². The third-order valence-electron chi connectivity index (χ3n) is 4.07. The predicted octanol–water partition coefficient (Wildman–Crippen LogP) is 1.75. The Kier molecular flexibility index (Phi) is 6.77. The largest absolute Gasteiger partial charge is 0.348 e. The van der Waals surface area contributed by atoms with Gasteiger partial charge in [-0.05, 0) is 25.0 Å². The van der Waals surface area contributed by atoms with Gasteiger partial charge in [0.1, 0.15) is 6.67 Å². The Bertz CT molecular complexity index is 848. The lowest BCUT2D eigenvalue weighted by Gasteiger charge is -2.15. The van der Waals surface area contributed by atoms with E-state index >= 15 is 0 Å². The highest BCUT2D eigenvalue weighted by Gasteiger charge is 2.23. The fourth-order valence-electron chi connectivity index (χ4n) is 2.73. The molecule has 1 amide bonds. The summed E-state index contributed by atoms with van der Waals surface area (Å²) in [6.07, 6.45) is 1.86. The van der Waals surface area contributed by atoms with E-state index in [4.69, 9.17) is 0 Å². The number of carbonyl (C=O) groups excluding carboxylic acids is 2. The molecule has 1 aromatic carbocycles. The zero-order valence-corrected chi connectivity index (χ0v) is 14.9. The van der Waals surface area contributed by atoms with E-state index in [2.05, 4.69) is 10.4 Å². The number of nitrogens with zero attached hydrogens (tertiary/aromatic N) is 2. The molecule has 0 aliphatic heterocycles. The number of aromatic nitrogens is 2. The number of halogens is 1. The van der Waals surface area contributed by atoms with Crippen LogP contribution in [0.2, 0.25) is 0 Å². The Morgan fingerprint density at radius 1 is 1.31 bits per heavy atom. The smallest absolute Gasteiger partial charge is 0.271 e.